The number of hydrogen-bond acceptors (Lipinski definition) is 2. The van der Waals surface area contributed by atoms with Crippen molar-refractivity contribution in [2.75, 3.05) is 19.6 Å². The Morgan fingerprint density at radius 1 is 1.00 bits per heavy atom. The fraction of sp³-hybridized carbons (Fsp3) is 0.867. The minimum atomic E-state index is -0.742. The summed E-state index contributed by atoms with van der Waals surface area (Å²) in [6.45, 7) is 2.49. The Bertz CT molecular complexity index is 324. The van der Waals surface area contributed by atoms with Gasteiger partial charge in [-0.05, 0) is 50.4 Å². The van der Waals surface area contributed by atoms with Crippen molar-refractivity contribution >= 4 is 12.0 Å². The Morgan fingerprint density at radius 3 is 2.10 bits per heavy atom. The van der Waals surface area contributed by atoms with Gasteiger partial charge in [0.15, 0.2) is 0 Å². The number of carboxylic acids is 1. The molecule has 0 unspecified atom stereocenters. The molecule has 2 fully saturated rings. The molecule has 0 atom stereocenters. The van der Waals surface area contributed by atoms with Gasteiger partial charge < -0.3 is 15.3 Å². The highest BCUT2D eigenvalue weighted by atomic mass is 16.4. The minimum absolute atomic E-state index is 0.0713. The van der Waals surface area contributed by atoms with E-state index >= 15 is 0 Å². The van der Waals surface area contributed by atoms with Crippen molar-refractivity contribution in [1.29, 1.82) is 0 Å². The summed E-state index contributed by atoms with van der Waals surface area (Å²) in [7, 11) is 0. The molecule has 2 saturated carbocycles. The topological polar surface area (TPSA) is 69.6 Å². The lowest BCUT2D eigenvalue weighted by Gasteiger charge is -2.23. The summed E-state index contributed by atoms with van der Waals surface area (Å²) < 4.78 is 0. The molecule has 2 N–H and O–H groups in total. The average molecular weight is 282 g/mol. The van der Waals surface area contributed by atoms with Gasteiger partial charge in [0, 0.05) is 26.1 Å². The van der Waals surface area contributed by atoms with Crippen molar-refractivity contribution in [3.05, 3.63) is 0 Å². The van der Waals surface area contributed by atoms with Gasteiger partial charge in [-0.1, -0.05) is 6.42 Å². The molecule has 0 heterocycles. The number of unbranched alkanes of at least 4 members (excludes halogenated alkanes) is 2. The summed E-state index contributed by atoms with van der Waals surface area (Å²) in [5, 5.41) is 11.5. The summed E-state index contributed by atoms with van der Waals surface area (Å²) in [6.07, 6.45) is 7.71. The number of hydrogen-bond donors (Lipinski definition) is 2. The van der Waals surface area contributed by atoms with Crippen LogP contribution in [0.25, 0.3) is 0 Å². The first-order chi connectivity index (χ1) is 9.65. The first-order valence-corrected chi connectivity index (χ1v) is 7.89. The van der Waals surface area contributed by atoms with Gasteiger partial charge in [-0.2, -0.15) is 0 Å². The summed E-state index contributed by atoms with van der Waals surface area (Å²) in [5.74, 6) is 0.721. The highest BCUT2D eigenvalue weighted by Gasteiger charge is 2.31. The van der Waals surface area contributed by atoms with Crippen LogP contribution < -0.4 is 5.32 Å². The van der Waals surface area contributed by atoms with Crippen LogP contribution in [0.1, 0.15) is 51.4 Å². The monoisotopic (exact) mass is 282 g/mol. The highest BCUT2D eigenvalue weighted by molar-refractivity contribution is 5.74. The number of carbonyl (C=O) groups is 2. The van der Waals surface area contributed by atoms with Crippen molar-refractivity contribution < 1.29 is 14.7 Å². The fourth-order valence-corrected chi connectivity index (χ4v) is 2.35. The lowest BCUT2D eigenvalue weighted by Crippen LogP contribution is -2.42. The minimum Gasteiger partial charge on any atom is -0.481 e. The normalized spacial score (nSPS) is 17.8. The fourth-order valence-electron chi connectivity index (χ4n) is 2.35. The SMILES string of the molecule is O=C(O)CCCCCNC(=O)N(CC1CC1)CC1CC1. The van der Waals surface area contributed by atoms with Gasteiger partial charge in [0.25, 0.3) is 0 Å². The summed E-state index contributed by atoms with van der Waals surface area (Å²) in [4.78, 5) is 24.5. The Balaban J connectivity index is 1.56. The van der Waals surface area contributed by atoms with Crippen LogP contribution in [0.2, 0.25) is 0 Å². The number of carbonyl (C=O) groups excluding carboxylic acids is 1. The molecule has 5 nitrogen and oxygen atoms in total. The van der Waals surface area contributed by atoms with Crippen LogP contribution in [0.3, 0.4) is 0 Å². The second-order valence-corrected chi connectivity index (χ2v) is 6.23. The summed E-state index contributed by atoms with van der Waals surface area (Å²) in [6, 6.07) is 0.0713. The number of rotatable bonds is 10. The molecule has 0 aromatic rings. The number of nitrogens with one attached hydrogen (secondary N) is 1. The third-order valence-electron chi connectivity index (χ3n) is 3.98. The second kappa shape index (κ2) is 7.50. The van der Waals surface area contributed by atoms with Crippen molar-refractivity contribution in [2.24, 2.45) is 11.8 Å². The lowest BCUT2D eigenvalue weighted by molar-refractivity contribution is -0.137. The zero-order valence-corrected chi connectivity index (χ0v) is 12.1. The summed E-state index contributed by atoms with van der Waals surface area (Å²) >= 11 is 0. The van der Waals surface area contributed by atoms with Gasteiger partial charge in [0.1, 0.15) is 0 Å². The molecule has 2 aliphatic rings. The molecular formula is C15H26N2O3. The van der Waals surface area contributed by atoms with Gasteiger partial charge in [-0.25, -0.2) is 4.79 Å². The van der Waals surface area contributed by atoms with Crippen LogP contribution in [0.5, 0.6) is 0 Å². The molecule has 0 aromatic carbocycles. The molecule has 2 aliphatic carbocycles. The molecule has 0 aliphatic heterocycles. The Kier molecular flexibility index (Phi) is 5.68. The van der Waals surface area contributed by atoms with Crippen molar-refractivity contribution in [1.82, 2.24) is 10.2 Å². The zero-order chi connectivity index (χ0) is 14.4. The van der Waals surface area contributed by atoms with Gasteiger partial charge in [0.05, 0.1) is 0 Å². The number of amides is 2. The van der Waals surface area contributed by atoms with Crippen LogP contribution in [0.15, 0.2) is 0 Å². The smallest absolute Gasteiger partial charge is 0.317 e. The lowest BCUT2D eigenvalue weighted by atomic mass is 10.2. The maximum absolute atomic E-state index is 12.1. The van der Waals surface area contributed by atoms with Crippen molar-refractivity contribution in [2.45, 2.75) is 51.4 Å². The van der Waals surface area contributed by atoms with Gasteiger partial charge in [-0.3, -0.25) is 4.79 Å². The van der Waals surface area contributed by atoms with E-state index in [2.05, 4.69) is 5.32 Å². The van der Waals surface area contributed by atoms with E-state index in [0.717, 1.165) is 37.8 Å². The third kappa shape index (κ3) is 6.26. The van der Waals surface area contributed by atoms with Crippen LogP contribution in [-0.2, 0) is 4.79 Å². The van der Waals surface area contributed by atoms with Crippen LogP contribution in [0, 0.1) is 11.8 Å². The van der Waals surface area contributed by atoms with Crippen LogP contribution in [0.4, 0.5) is 4.79 Å². The Morgan fingerprint density at radius 2 is 1.60 bits per heavy atom. The second-order valence-electron chi connectivity index (χ2n) is 6.23. The molecule has 20 heavy (non-hydrogen) atoms. The van der Waals surface area contributed by atoms with Gasteiger partial charge in [-0.15, -0.1) is 0 Å². The number of urea groups is 1. The first-order valence-electron chi connectivity index (χ1n) is 7.89. The Labute approximate surface area is 120 Å². The Hall–Kier alpha value is -1.26. The average Bonchev–Trinajstić information content (AvgIpc) is 3.27. The summed E-state index contributed by atoms with van der Waals surface area (Å²) in [5.41, 5.74) is 0. The van der Waals surface area contributed by atoms with E-state index in [1.807, 2.05) is 4.90 Å². The predicted octanol–water partition coefficient (Wildman–Crippen LogP) is 2.46. The van der Waals surface area contributed by atoms with E-state index in [0.29, 0.717) is 13.0 Å². The van der Waals surface area contributed by atoms with E-state index in [-0.39, 0.29) is 12.5 Å². The van der Waals surface area contributed by atoms with Crippen LogP contribution in [-0.4, -0.2) is 41.6 Å². The molecule has 0 bridgehead atoms. The molecule has 0 spiro atoms. The predicted molar refractivity (Wildman–Crippen MR) is 76.5 cm³/mol. The van der Waals surface area contributed by atoms with Crippen molar-refractivity contribution in [3.63, 3.8) is 0 Å². The highest BCUT2D eigenvalue weighted by Crippen LogP contribution is 2.33. The number of carboxylic acid groups (broad SMARTS) is 1. The van der Waals surface area contributed by atoms with E-state index in [4.69, 9.17) is 5.11 Å². The standard InChI is InChI=1S/C15H26N2O3/c18-14(19)4-2-1-3-9-16-15(20)17(10-12-5-6-12)11-13-7-8-13/h12-13H,1-11H2,(H,16,20)(H,18,19). The molecule has 2 rings (SSSR count). The van der Waals surface area contributed by atoms with Gasteiger partial charge in [0.2, 0.25) is 0 Å². The zero-order valence-electron chi connectivity index (χ0n) is 12.1. The molecular weight excluding hydrogens is 256 g/mol. The quantitative estimate of drug-likeness (QED) is 0.605. The van der Waals surface area contributed by atoms with Crippen LogP contribution >= 0.6 is 0 Å². The van der Waals surface area contributed by atoms with E-state index in [1.165, 1.54) is 25.7 Å². The molecule has 0 aromatic heterocycles. The number of aliphatic carboxylic acids is 1. The third-order valence-corrected chi connectivity index (χ3v) is 3.98. The van der Waals surface area contributed by atoms with E-state index in [9.17, 15) is 9.59 Å². The van der Waals surface area contributed by atoms with E-state index in [1.54, 1.807) is 0 Å². The van der Waals surface area contributed by atoms with Gasteiger partial charge >= 0.3 is 12.0 Å². The maximum Gasteiger partial charge on any atom is 0.317 e. The molecule has 5 heteroatoms. The first kappa shape index (κ1) is 15.1. The largest absolute Gasteiger partial charge is 0.481 e. The van der Waals surface area contributed by atoms with Crippen molar-refractivity contribution in [3.8, 4) is 0 Å². The molecule has 0 saturated heterocycles. The molecule has 114 valence electrons. The molecule has 0 radical (unpaired) electrons. The van der Waals surface area contributed by atoms with E-state index < -0.39 is 5.97 Å². The maximum atomic E-state index is 12.1. The number of nitrogens with zero attached hydrogens (tertiary/aromatic N) is 1. The molecule has 2 amide bonds.